The van der Waals surface area contributed by atoms with Crippen molar-refractivity contribution < 1.29 is 9.59 Å². The Morgan fingerprint density at radius 3 is 2.48 bits per heavy atom. The number of hydrogen-bond donors (Lipinski definition) is 2. The fourth-order valence-electron chi connectivity index (χ4n) is 4.22. The quantitative estimate of drug-likeness (QED) is 0.752. The van der Waals surface area contributed by atoms with E-state index in [1.807, 2.05) is 4.90 Å². The number of likely N-dealkylation sites (tertiary alicyclic amines) is 1. The molecule has 25 heavy (non-hydrogen) atoms. The molecular formula is C18H29N5O2. The van der Waals surface area contributed by atoms with Gasteiger partial charge in [0.2, 0.25) is 11.8 Å². The van der Waals surface area contributed by atoms with Crippen molar-refractivity contribution in [1.82, 2.24) is 20.4 Å². The fraction of sp³-hybridized carbons (Fsp3) is 0.833. The van der Waals surface area contributed by atoms with Crippen molar-refractivity contribution in [1.29, 1.82) is 5.26 Å². The number of rotatable bonds is 4. The second-order valence-corrected chi connectivity index (χ2v) is 7.38. The molecule has 1 saturated carbocycles. The summed E-state index contributed by atoms with van der Waals surface area (Å²) in [5.41, 5.74) is 0. The van der Waals surface area contributed by atoms with Crippen LogP contribution in [-0.2, 0) is 9.59 Å². The zero-order valence-corrected chi connectivity index (χ0v) is 14.9. The van der Waals surface area contributed by atoms with Crippen LogP contribution in [0.25, 0.3) is 0 Å². The van der Waals surface area contributed by atoms with Crippen molar-refractivity contribution in [2.24, 2.45) is 5.92 Å². The molecule has 7 heteroatoms. The topological polar surface area (TPSA) is 88.5 Å². The Labute approximate surface area is 149 Å². The molecule has 7 nitrogen and oxygen atoms in total. The maximum Gasteiger partial charge on any atom is 0.237 e. The van der Waals surface area contributed by atoms with Crippen LogP contribution in [0.3, 0.4) is 0 Å². The van der Waals surface area contributed by atoms with Gasteiger partial charge in [0.05, 0.1) is 12.6 Å². The standard InChI is InChI=1S/C18H29N5O2/c19-12-16-2-1-9-23(16)17(24)13-21-15-5-3-14(4-6-15)18(25)22-10-7-20-8-11-22/h14-16,20-21H,1-11,13H2/t14?,15?,16-/m0/s1. The Balaban J connectivity index is 1.38. The van der Waals surface area contributed by atoms with Crippen molar-refractivity contribution >= 4 is 11.8 Å². The molecule has 0 aromatic carbocycles. The van der Waals surface area contributed by atoms with Gasteiger partial charge in [-0.25, -0.2) is 0 Å². The monoisotopic (exact) mass is 347 g/mol. The van der Waals surface area contributed by atoms with Gasteiger partial charge in [-0.05, 0) is 38.5 Å². The second-order valence-electron chi connectivity index (χ2n) is 7.38. The van der Waals surface area contributed by atoms with E-state index in [0.29, 0.717) is 25.0 Å². The summed E-state index contributed by atoms with van der Waals surface area (Å²) in [5, 5.41) is 15.7. The maximum absolute atomic E-state index is 12.6. The molecular weight excluding hydrogens is 318 g/mol. The van der Waals surface area contributed by atoms with E-state index < -0.39 is 0 Å². The number of hydrogen-bond acceptors (Lipinski definition) is 5. The highest BCUT2D eigenvalue weighted by Crippen LogP contribution is 2.26. The van der Waals surface area contributed by atoms with E-state index in [9.17, 15) is 9.59 Å². The molecule has 2 amide bonds. The van der Waals surface area contributed by atoms with Gasteiger partial charge in [-0.15, -0.1) is 0 Å². The van der Waals surface area contributed by atoms with E-state index in [1.165, 1.54) is 0 Å². The highest BCUT2D eigenvalue weighted by atomic mass is 16.2. The number of piperazine rings is 1. The average Bonchev–Trinajstić information content (AvgIpc) is 3.15. The summed E-state index contributed by atoms with van der Waals surface area (Å²) >= 11 is 0. The molecule has 3 rings (SSSR count). The maximum atomic E-state index is 12.6. The van der Waals surface area contributed by atoms with Crippen molar-refractivity contribution in [3.8, 4) is 6.07 Å². The minimum atomic E-state index is -0.248. The van der Waals surface area contributed by atoms with Crippen LogP contribution in [-0.4, -0.2) is 73.0 Å². The third kappa shape index (κ3) is 4.50. The molecule has 3 fully saturated rings. The molecule has 2 N–H and O–H groups in total. The van der Waals surface area contributed by atoms with Crippen LogP contribution in [0.2, 0.25) is 0 Å². The van der Waals surface area contributed by atoms with Gasteiger partial charge in [0.25, 0.3) is 0 Å². The van der Waals surface area contributed by atoms with Crippen molar-refractivity contribution in [2.45, 2.75) is 50.6 Å². The first-order chi connectivity index (χ1) is 12.2. The Bertz CT molecular complexity index is 518. The molecule has 0 spiro atoms. The predicted octanol–water partition coefficient (Wildman–Crippen LogP) is 0.0812. The molecule has 1 atom stereocenters. The number of amides is 2. The van der Waals surface area contributed by atoms with E-state index >= 15 is 0 Å². The summed E-state index contributed by atoms with van der Waals surface area (Å²) in [6, 6.07) is 2.27. The Hall–Kier alpha value is -1.65. The van der Waals surface area contributed by atoms with Crippen molar-refractivity contribution in [2.75, 3.05) is 39.3 Å². The molecule has 0 bridgehead atoms. The molecule has 2 saturated heterocycles. The number of nitrogens with zero attached hydrogens (tertiary/aromatic N) is 3. The van der Waals surface area contributed by atoms with E-state index in [-0.39, 0.29) is 17.9 Å². The summed E-state index contributed by atoms with van der Waals surface area (Å²) in [5.74, 6) is 0.487. The van der Waals surface area contributed by atoms with Crippen LogP contribution < -0.4 is 10.6 Å². The van der Waals surface area contributed by atoms with Crippen LogP contribution in [0.1, 0.15) is 38.5 Å². The van der Waals surface area contributed by atoms with Gasteiger partial charge in [0.1, 0.15) is 6.04 Å². The van der Waals surface area contributed by atoms with Gasteiger partial charge >= 0.3 is 0 Å². The first-order valence-corrected chi connectivity index (χ1v) is 9.61. The molecule has 3 aliphatic rings. The minimum absolute atomic E-state index is 0.0306. The minimum Gasteiger partial charge on any atom is -0.340 e. The highest BCUT2D eigenvalue weighted by molar-refractivity contribution is 5.80. The Morgan fingerprint density at radius 2 is 1.80 bits per heavy atom. The predicted molar refractivity (Wildman–Crippen MR) is 93.5 cm³/mol. The lowest BCUT2D eigenvalue weighted by atomic mass is 9.85. The van der Waals surface area contributed by atoms with E-state index in [2.05, 4.69) is 16.7 Å². The van der Waals surface area contributed by atoms with Crippen LogP contribution in [0.5, 0.6) is 0 Å². The zero-order chi connectivity index (χ0) is 17.6. The Kier molecular flexibility index (Phi) is 6.27. The number of nitriles is 1. The lowest BCUT2D eigenvalue weighted by molar-refractivity contribution is -0.137. The molecule has 2 aliphatic heterocycles. The molecule has 0 aromatic heterocycles. The van der Waals surface area contributed by atoms with Crippen molar-refractivity contribution in [3.63, 3.8) is 0 Å². The fourth-order valence-corrected chi connectivity index (χ4v) is 4.22. The summed E-state index contributed by atoms with van der Waals surface area (Å²) in [4.78, 5) is 28.5. The zero-order valence-electron chi connectivity index (χ0n) is 14.9. The van der Waals surface area contributed by atoms with Gasteiger partial charge < -0.3 is 20.4 Å². The smallest absolute Gasteiger partial charge is 0.237 e. The third-order valence-electron chi connectivity index (χ3n) is 5.77. The van der Waals surface area contributed by atoms with Crippen molar-refractivity contribution in [3.05, 3.63) is 0 Å². The van der Waals surface area contributed by atoms with Gasteiger partial charge in [-0.2, -0.15) is 5.26 Å². The first kappa shape index (κ1) is 18.2. The lowest BCUT2D eigenvalue weighted by Gasteiger charge is -2.34. The molecule has 0 aromatic rings. The van der Waals surface area contributed by atoms with E-state index in [1.54, 1.807) is 4.90 Å². The number of carbonyl (C=O) groups excluding carboxylic acids is 2. The summed E-state index contributed by atoms with van der Waals surface area (Å²) < 4.78 is 0. The molecule has 0 unspecified atom stereocenters. The summed E-state index contributed by atoms with van der Waals surface area (Å²) in [7, 11) is 0. The van der Waals surface area contributed by atoms with Crippen LogP contribution in [0.15, 0.2) is 0 Å². The van der Waals surface area contributed by atoms with Crippen LogP contribution in [0, 0.1) is 17.2 Å². The van der Waals surface area contributed by atoms with E-state index in [4.69, 9.17) is 5.26 Å². The summed E-state index contributed by atoms with van der Waals surface area (Å²) in [6.07, 6.45) is 5.40. The molecule has 0 radical (unpaired) electrons. The first-order valence-electron chi connectivity index (χ1n) is 9.61. The highest BCUT2D eigenvalue weighted by Gasteiger charge is 2.31. The van der Waals surface area contributed by atoms with Gasteiger partial charge in [0.15, 0.2) is 0 Å². The summed E-state index contributed by atoms with van der Waals surface area (Å²) in [6.45, 7) is 4.43. The van der Waals surface area contributed by atoms with Crippen LogP contribution >= 0.6 is 0 Å². The molecule has 2 heterocycles. The van der Waals surface area contributed by atoms with Gasteiger partial charge in [-0.1, -0.05) is 0 Å². The largest absolute Gasteiger partial charge is 0.340 e. The van der Waals surface area contributed by atoms with Crippen LogP contribution in [0.4, 0.5) is 0 Å². The molecule has 138 valence electrons. The number of nitrogens with one attached hydrogen (secondary N) is 2. The molecule has 1 aliphatic carbocycles. The SMILES string of the molecule is N#C[C@@H]1CCCN1C(=O)CNC1CCC(C(=O)N2CCNCC2)CC1. The second kappa shape index (κ2) is 8.63. The lowest BCUT2D eigenvalue weighted by Crippen LogP contribution is -2.49. The normalized spacial score (nSPS) is 30.1. The number of carbonyl (C=O) groups is 2. The Morgan fingerprint density at radius 1 is 1.08 bits per heavy atom. The van der Waals surface area contributed by atoms with Gasteiger partial charge in [0, 0.05) is 44.7 Å². The van der Waals surface area contributed by atoms with Gasteiger partial charge in [-0.3, -0.25) is 9.59 Å². The third-order valence-corrected chi connectivity index (χ3v) is 5.77. The average molecular weight is 347 g/mol. The van der Waals surface area contributed by atoms with E-state index in [0.717, 1.165) is 64.7 Å².